The Hall–Kier alpha value is -0.260. The van der Waals surface area contributed by atoms with Crippen LogP contribution in [0.5, 0.6) is 0 Å². The van der Waals surface area contributed by atoms with E-state index in [1.165, 1.54) is 77.0 Å². The van der Waals surface area contributed by atoms with Crippen LogP contribution in [0, 0.1) is 58.2 Å². The van der Waals surface area contributed by atoms with E-state index in [0.717, 1.165) is 47.3 Å². The molecule has 3 saturated carbocycles. The SMILES string of the molecule is CCC(C)C1CCC2(C)C(=CCC3C2CCC2(C)C(C(C)CCCC(C)C)CCC32)C1. The lowest BCUT2D eigenvalue weighted by molar-refractivity contribution is -0.0541. The second-order valence-electron chi connectivity index (χ2n) is 13.7. The Balaban J connectivity index is 1.47. The van der Waals surface area contributed by atoms with Gasteiger partial charge in [-0.05, 0) is 110 Å². The summed E-state index contributed by atoms with van der Waals surface area (Å²) in [7, 11) is 0. The molecule has 0 heteroatoms. The lowest BCUT2D eigenvalue weighted by Gasteiger charge is -2.59. The van der Waals surface area contributed by atoms with Gasteiger partial charge in [0.1, 0.15) is 0 Å². The molecular weight excluding hydrogens is 372 g/mol. The molecule has 9 atom stereocenters. The molecule has 0 aromatic carbocycles. The summed E-state index contributed by atoms with van der Waals surface area (Å²) in [6, 6.07) is 0. The minimum atomic E-state index is 0.537. The molecule has 0 N–H and O–H groups in total. The Morgan fingerprint density at radius 2 is 1.68 bits per heavy atom. The predicted octanol–water partition coefficient (Wildman–Crippen LogP) is 9.69. The van der Waals surface area contributed by atoms with Crippen molar-refractivity contribution in [1.29, 1.82) is 0 Å². The second-order valence-corrected chi connectivity index (χ2v) is 13.7. The Kier molecular flexibility index (Phi) is 7.07. The molecule has 4 aliphatic rings. The number of allylic oxidation sites excluding steroid dienone is 2. The quantitative estimate of drug-likeness (QED) is 0.355. The van der Waals surface area contributed by atoms with Crippen LogP contribution in [0.15, 0.2) is 11.6 Å². The molecular formula is C31H54. The fourth-order valence-electron chi connectivity index (χ4n) is 9.53. The van der Waals surface area contributed by atoms with E-state index in [-0.39, 0.29) is 0 Å². The first kappa shape index (κ1) is 23.9. The molecule has 0 bridgehead atoms. The van der Waals surface area contributed by atoms with Gasteiger partial charge in [-0.25, -0.2) is 0 Å². The number of rotatable bonds is 7. The summed E-state index contributed by atoms with van der Waals surface area (Å²) in [4.78, 5) is 0. The van der Waals surface area contributed by atoms with Gasteiger partial charge in [0.05, 0.1) is 0 Å². The molecule has 0 radical (unpaired) electrons. The van der Waals surface area contributed by atoms with Crippen LogP contribution in [0.1, 0.15) is 126 Å². The minimum Gasteiger partial charge on any atom is -0.0845 e. The molecule has 31 heavy (non-hydrogen) atoms. The van der Waals surface area contributed by atoms with Crippen LogP contribution in [-0.2, 0) is 0 Å². The Morgan fingerprint density at radius 3 is 2.39 bits per heavy atom. The topological polar surface area (TPSA) is 0 Å². The molecule has 4 rings (SSSR count). The van der Waals surface area contributed by atoms with E-state index >= 15 is 0 Å². The fourth-order valence-corrected chi connectivity index (χ4v) is 9.53. The molecule has 0 nitrogen and oxygen atoms in total. The van der Waals surface area contributed by atoms with E-state index in [1.807, 2.05) is 5.57 Å². The van der Waals surface area contributed by atoms with Crippen molar-refractivity contribution >= 4 is 0 Å². The van der Waals surface area contributed by atoms with Crippen molar-refractivity contribution < 1.29 is 0 Å². The van der Waals surface area contributed by atoms with Gasteiger partial charge in [0.2, 0.25) is 0 Å². The highest BCUT2D eigenvalue weighted by Crippen LogP contribution is 2.67. The maximum Gasteiger partial charge on any atom is -0.00851 e. The lowest BCUT2D eigenvalue weighted by Crippen LogP contribution is -2.50. The van der Waals surface area contributed by atoms with Gasteiger partial charge in [0, 0.05) is 0 Å². The monoisotopic (exact) mass is 426 g/mol. The first-order chi connectivity index (χ1) is 14.7. The first-order valence-corrected chi connectivity index (χ1v) is 14.4. The van der Waals surface area contributed by atoms with E-state index in [1.54, 1.807) is 0 Å². The standard InChI is InChI=1S/C31H54/c1-8-22(4)24-16-18-30(6)25(20-24)12-13-26-28-15-14-27(23(5)11-9-10-21(2)3)31(28,7)19-17-29(26)30/h12,21-24,26-29H,8-11,13-20H2,1-7H3. The molecule has 4 aliphatic carbocycles. The van der Waals surface area contributed by atoms with Crippen molar-refractivity contribution in [3.63, 3.8) is 0 Å². The number of hydrogen-bond donors (Lipinski definition) is 0. The molecule has 0 aliphatic heterocycles. The smallest absolute Gasteiger partial charge is 0.00851 e. The minimum absolute atomic E-state index is 0.537. The summed E-state index contributed by atoms with van der Waals surface area (Å²) >= 11 is 0. The van der Waals surface area contributed by atoms with E-state index in [4.69, 9.17) is 0 Å². The van der Waals surface area contributed by atoms with Gasteiger partial charge >= 0.3 is 0 Å². The van der Waals surface area contributed by atoms with E-state index in [0.29, 0.717) is 10.8 Å². The predicted molar refractivity (Wildman–Crippen MR) is 136 cm³/mol. The summed E-state index contributed by atoms with van der Waals surface area (Å²) < 4.78 is 0. The molecule has 178 valence electrons. The zero-order chi connectivity index (χ0) is 22.4. The molecule has 0 aromatic heterocycles. The van der Waals surface area contributed by atoms with Gasteiger partial charge in [0.15, 0.2) is 0 Å². The van der Waals surface area contributed by atoms with Crippen molar-refractivity contribution in [2.24, 2.45) is 58.2 Å². The molecule has 0 aromatic rings. The highest BCUT2D eigenvalue weighted by Gasteiger charge is 2.59. The molecule has 0 heterocycles. The Morgan fingerprint density at radius 1 is 0.903 bits per heavy atom. The summed E-state index contributed by atoms with van der Waals surface area (Å²) in [5.74, 6) is 7.63. The third-order valence-electron chi connectivity index (χ3n) is 11.8. The van der Waals surface area contributed by atoms with Gasteiger partial charge in [-0.1, -0.05) is 85.8 Å². The van der Waals surface area contributed by atoms with E-state index in [2.05, 4.69) is 54.5 Å². The van der Waals surface area contributed by atoms with Gasteiger partial charge in [-0.3, -0.25) is 0 Å². The Bertz CT molecular complexity index is 642. The third-order valence-corrected chi connectivity index (χ3v) is 11.8. The summed E-state index contributed by atoms with van der Waals surface area (Å²) in [6.07, 6.45) is 20.4. The average molecular weight is 427 g/mol. The van der Waals surface area contributed by atoms with Crippen LogP contribution < -0.4 is 0 Å². The Labute approximate surface area is 195 Å². The highest BCUT2D eigenvalue weighted by atomic mass is 14.6. The zero-order valence-electron chi connectivity index (χ0n) is 22.2. The van der Waals surface area contributed by atoms with Gasteiger partial charge in [-0.2, -0.15) is 0 Å². The maximum atomic E-state index is 2.79. The summed E-state index contributed by atoms with van der Waals surface area (Å²) in [5, 5.41) is 0. The molecule has 0 amide bonds. The van der Waals surface area contributed by atoms with Crippen LogP contribution in [0.2, 0.25) is 0 Å². The number of fused-ring (bicyclic) bond motifs is 5. The maximum absolute atomic E-state index is 2.79. The van der Waals surface area contributed by atoms with Crippen LogP contribution in [0.4, 0.5) is 0 Å². The van der Waals surface area contributed by atoms with Gasteiger partial charge in [0.25, 0.3) is 0 Å². The van der Waals surface area contributed by atoms with Crippen molar-refractivity contribution in [3.05, 3.63) is 11.6 Å². The van der Waals surface area contributed by atoms with Crippen molar-refractivity contribution in [2.75, 3.05) is 0 Å². The summed E-state index contributed by atoms with van der Waals surface area (Å²) in [5.41, 5.74) is 3.06. The second kappa shape index (κ2) is 9.18. The van der Waals surface area contributed by atoms with E-state index < -0.39 is 0 Å². The van der Waals surface area contributed by atoms with Crippen LogP contribution >= 0.6 is 0 Å². The van der Waals surface area contributed by atoms with E-state index in [9.17, 15) is 0 Å². The largest absolute Gasteiger partial charge is 0.0845 e. The number of hydrogen-bond acceptors (Lipinski definition) is 0. The normalized spacial score (nSPS) is 44.3. The lowest BCUT2D eigenvalue weighted by atomic mass is 9.46. The third kappa shape index (κ3) is 4.21. The first-order valence-electron chi connectivity index (χ1n) is 14.4. The van der Waals surface area contributed by atoms with Crippen molar-refractivity contribution in [3.8, 4) is 0 Å². The van der Waals surface area contributed by atoms with Gasteiger partial charge in [-0.15, -0.1) is 0 Å². The molecule has 9 unspecified atom stereocenters. The van der Waals surface area contributed by atoms with Crippen LogP contribution in [0.3, 0.4) is 0 Å². The van der Waals surface area contributed by atoms with Crippen LogP contribution in [-0.4, -0.2) is 0 Å². The molecule has 3 fully saturated rings. The van der Waals surface area contributed by atoms with Crippen molar-refractivity contribution in [1.82, 2.24) is 0 Å². The molecule has 0 spiro atoms. The fraction of sp³-hybridized carbons (Fsp3) is 0.935. The average Bonchev–Trinajstić information content (AvgIpc) is 3.09. The van der Waals surface area contributed by atoms with Gasteiger partial charge < -0.3 is 0 Å². The molecule has 0 saturated heterocycles. The summed E-state index contributed by atoms with van der Waals surface area (Å²) in [6.45, 7) is 17.7. The van der Waals surface area contributed by atoms with Crippen LogP contribution in [0.25, 0.3) is 0 Å². The van der Waals surface area contributed by atoms with Crippen molar-refractivity contribution in [2.45, 2.75) is 126 Å². The zero-order valence-corrected chi connectivity index (χ0v) is 22.2. The highest BCUT2D eigenvalue weighted by molar-refractivity contribution is 5.25.